The lowest BCUT2D eigenvalue weighted by molar-refractivity contribution is -0.125. The molecule has 1 amide bonds. The molecular formula is C20H21N5OS. The van der Waals surface area contributed by atoms with E-state index in [1.165, 1.54) is 11.3 Å². The standard InChI is InChI=1S/C20H21N5OS/c26-19(20(8-4-5-9-20)25-15-6-2-1-3-7-15)23-12-16-14-27-18(24-16)17-13-21-10-11-22-17/h1-3,6-7,10-11,13-14,25H,4-5,8-9,12H2,(H,23,26). The fourth-order valence-corrected chi connectivity index (χ4v) is 4.22. The Kier molecular flexibility index (Phi) is 5.11. The quantitative estimate of drug-likeness (QED) is 0.683. The van der Waals surface area contributed by atoms with E-state index in [1.54, 1.807) is 18.6 Å². The summed E-state index contributed by atoms with van der Waals surface area (Å²) < 4.78 is 0. The van der Waals surface area contributed by atoms with E-state index in [-0.39, 0.29) is 5.91 Å². The Morgan fingerprint density at radius 3 is 2.70 bits per heavy atom. The summed E-state index contributed by atoms with van der Waals surface area (Å²) in [7, 11) is 0. The number of nitrogens with zero attached hydrogens (tertiary/aromatic N) is 3. The third-order valence-corrected chi connectivity index (χ3v) is 5.73. The second-order valence-electron chi connectivity index (χ2n) is 6.70. The van der Waals surface area contributed by atoms with Crippen molar-refractivity contribution in [2.75, 3.05) is 5.32 Å². The second kappa shape index (κ2) is 7.84. The van der Waals surface area contributed by atoms with Crippen LogP contribution in [0, 0.1) is 0 Å². The number of aromatic nitrogens is 3. The van der Waals surface area contributed by atoms with E-state index in [0.29, 0.717) is 6.54 Å². The van der Waals surface area contributed by atoms with Gasteiger partial charge < -0.3 is 10.6 Å². The SMILES string of the molecule is O=C(NCc1csc(-c2cnccn2)n1)C1(Nc2ccccc2)CCCC1. The molecule has 0 spiro atoms. The number of nitrogens with one attached hydrogen (secondary N) is 2. The Labute approximate surface area is 162 Å². The van der Waals surface area contributed by atoms with Crippen molar-refractivity contribution in [3.05, 3.63) is 60.0 Å². The molecule has 0 unspecified atom stereocenters. The molecule has 0 saturated heterocycles. The number of rotatable bonds is 6. The second-order valence-corrected chi connectivity index (χ2v) is 7.56. The first kappa shape index (κ1) is 17.6. The molecule has 0 radical (unpaired) electrons. The summed E-state index contributed by atoms with van der Waals surface area (Å²) in [6.07, 6.45) is 8.78. The number of carbonyl (C=O) groups is 1. The molecule has 1 aromatic carbocycles. The van der Waals surface area contributed by atoms with Crippen molar-refractivity contribution in [3.8, 4) is 10.7 Å². The van der Waals surface area contributed by atoms with Crippen molar-refractivity contribution >= 4 is 22.9 Å². The minimum absolute atomic E-state index is 0.0397. The van der Waals surface area contributed by atoms with Crippen molar-refractivity contribution in [1.29, 1.82) is 0 Å². The first-order valence-corrected chi connectivity index (χ1v) is 9.95. The van der Waals surface area contributed by atoms with Crippen LogP contribution in [0.3, 0.4) is 0 Å². The summed E-state index contributed by atoms with van der Waals surface area (Å²) >= 11 is 1.51. The molecule has 6 nitrogen and oxygen atoms in total. The van der Waals surface area contributed by atoms with Crippen molar-refractivity contribution in [3.63, 3.8) is 0 Å². The average Bonchev–Trinajstić information content (AvgIpc) is 3.38. The molecular weight excluding hydrogens is 358 g/mol. The Hall–Kier alpha value is -2.80. The third kappa shape index (κ3) is 3.98. The van der Waals surface area contributed by atoms with Crippen LogP contribution in [-0.2, 0) is 11.3 Å². The minimum Gasteiger partial charge on any atom is -0.371 e. The third-order valence-electron chi connectivity index (χ3n) is 4.81. The molecule has 2 heterocycles. The lowest BCUT2D eigenvalue weighted by Gasteiger charge is -2.30. The number of para-hydroxylation sites is 1. The highest BCUT2D eigenvalue weighted by Gasteiger charge is 2.40. The number of hydrogen-bond donors (Lipinski definition) is 2. The van der Waals surface area contributed by atoms with Crippen LogP contribution in [0.2, 0.25) is 0 Å². The number of carbonyl (C=O) groups excluding carboxylic acids is 1. The molecule has 27 heavy (non-hydrogen) atoms. The van der Waals surface area contributed by atoms with Gasteiger partial charge in [0.05, 0.1) is 18.4 Å². The first-order chi connectivity index (χ1) is 13.3. The van der Waals surface area contributed by atoms with Crippen LogP contribution < -0.4 is 10.6 Å². The van der Waals surface area contributed by atoms with Gasteiger partial charge in [-0.15, -0.1) is 11.3 Å². The number of hydrogen-bond acceptors (Lipinski definition) is 6. The number of amides is 1. The van der Waals surface area contributed by atoms with E-state index in [2.05, 4.69) is 25.6 Å². The van der Waals surface area contributed by atoms with E-state index < -0.39 is 5.54 Å². The summed E-state index contributed by atoms with van der Waals surface area (Å²) in [6, 6.07) is 9.93. The molecule has 2 N–H and O–H groups in total. The molecule has 1 aliphatic rings. The Balaban J connectivity index is 1.42. The van der Waals surface area contributed by atoms with E-state index in [1.807, 2.05) is 35.7 Å². The fraction of sp³-hybridized carbons (Fsp3) is 0.300. The zero-order valence-corrected chi connectivity index (χ0v) is 15.7. The van der Waals surface area contributed by atoms with Gasteiger partial charge in [-0.05, 0) is 25.0 Å². The van der Waals surface area contributed by atoms with Gasteiger partial charge in [0.1, 0.15) is 16.2 Å². The smallest absolute Gasteiger partial charge is 0.245 e. The van der Waals surface area contributed by atoms with Gasteiger partial charge in [0.25, 0.3) is 0 Å². The van der Waals surface area contributed by atoms with E-state index in [9.17, 15) is 4.79 Å². The van der Waals surface area contributed by atoms with Crippen LogP contribution in [0.1, 0.15) is 31.4 Å². The van der Waals surface area contributed by atoms with Gasteiger partial charge >= 0.3 is 0 Å². The van der Waals surface area contributed by atoms with Crippen molar-refractivity contribution in [1.82, 2.24) is 20.3 Å². The summed E-state index contributed by atoms with van der Waals surface area (Å²) in [5, 5.41) is 9.31. The Morgan fingerprint density at radius 2 is 1.96 bits per heavy atom. The monoisotopic (exact) mass is 379 g/mol. The predicted molar refractivity (Wildman–Crippen MR) is 106 cm³/mol. The van der Waals surface area contributed by atoms with Gasteiger partial charge in [-0.25, -0.2) is 4.98 Å². The van der Waals surface area contributed by atoms with Gasteiger partial charge in [0, 0.05) is 23.5 Å². The molecule has 1 fully saturated rings. The largest absolute Gasteiger partial charge is 0.371 e. The average molecular weight is 379 g/mol. The first-order valence-electron chi connectivity index (χ1n) is 9.07. The van der Waals surface area contributed by atoms with Gasteiger partial charge in [0.2, 0.25) is 5.91 Å². The number of thiazole rings is 1. The highest BCUT2D eigenvalue weighted by atomic mass is 32.1. The Bertz CT molecular complexity index is 891. The van der Waals surface area contributed by atoms with Crippen molar-refractivity contribution < 1.29 is 4.79 Å². The van der Waals surface area contributed by atoms with Crippen LogP contribution in [-0.4, -0.2) is 26.4 Å². The molecule has 7 heteroatoms. The molecule has 1 saturated carbocycles. The minimum atomic E-state index is -0.537. The lowest BCUT2D eigenvalue weighted by atomic mass is 9.95. The summed E-state index contributed by atoms with van der Waals surface area (Å²) in [5.74, 6) is 0.0397. The molecule has 0 bridgehead atoms. The van der Waals surface area contributed by atoms with Gasteiger partial charge in [0.15, 0.2) is 0 Å². The Morgan fingerprint density at radius 1 is 1.15 bits per heavy atom. The van der Waals surface area contributed by atoms with E-state index >= 15 is 0 Å². The normalized spacial score (nSPS) is 15.4. The van der Waals surface area contributed by atoms with E-state index in [0.717, 1.165) is 47.8 Å². The van der Waals surface area contributed by atoms with Gasteiger partial charge in [-0.1, -0.05) is 31.0 Å². The van der Waals surface area contributed by atoms with Gasteiger partial charge in [-0.2, -0.15) is 0 Å². The van der Waals surface area contributed by atoms with Crippen LogP contribution in [0.15, 0.2) is 54.3 Å². The summed E-state index contributed by atoms with van der Waals surface area (Å²) in [5.41, 5.74) is 2.03. The zero-order chi connectivity index (χ0) is 18.5. The maximum atomic E-state index is 13.0. The van der Waals surface area contributed by atoms with E-state index in [4.69, 9.17) is 0 Å². The predicted octanol–water partition coefficient (Wildman–Crippen LogP) is 3.64. The maximum absolute atomic E-state index is 13.0. The fourth-order valence-electron chi connectivity index (χ4n) is 3.44. The lowest BCUT2D eigenvalue weighted by Crippen LogP contribution is -2.50. The molecule has 1 aliphatic carbocycles. The molecule has 0 aliphatic heterocycles. The maximum Gasteiger partial charge on any atom is 0.245 e. The highest BCUT2D eigenvalue weighted by molar-refractivity contribution is 7.13. The molecule has 2 aromatic heterocycles. The summed E-state index contributed by atoms with van der Waals surface area (Å²) in [6.45, 7) is 0.411. The topological polar surface area (TPSA) is 79.8 Å². The molecule has 3 aromatic rings. The van der Waals surface area contributed by atoms with Crippen LogP contribution >= 0.6 is 11.3 Å². The van der Waals surface area contributed by atoms with Crippen LogP contribution in [0.4, 0.5) is 5.69 Å². The van der Waals surface area contributed by atoms with Crippen molar-refractivity contribution in [2.24, 2.45) is 0 Å². The zero-order valence-electron chi connectivity index (χ0n) is 14.9. The number of anilines is 1. The highest BCUT2D eigenvalue weighted by Crippen LogP contribution is 2.33. The van der Waals surface area contributed by atoms with Crippen molar-refractivity contribution in [2.45, 2.75) is 37.8 Å². The van der Waals surface area contributed by atoms with Gasteiger partial charge in [-0.3, -0.25) is 14.8 Å². The van der Waals surface area contributed by atoms with Crippen LogP contribution in [0.25, 0.3) is 10.7 Å². The molecule has 0 atom stereocenters. The van der Waals surface area contributed by atoms with Crippen LogP contribution in [0.5, 0.6) is 0 Å². The number of benzene rings is 1. The summed E-state index contributed by atoms with van der Waals surface area (Å²) in [4.78, 5) is 25.9. The molecule has 138 valence electrons. The molecule has 4 rings (SSSR count).